The molecule has 0 bridgehead atoms. The van der Waals surface area contributed by atoms with E-state index < -0.39 is 0 Å². The van der Waals surface area contributed by atoms with E-state index >= 15 is 0 Å². The van der Waals surface area contributed by atoms with Crippen LogP contribution in [0.4, 0.5) is 5.95 Å². The van der Waals surface area contributed by atoms with E-state index in [1.54, 1.807) is 12.4 Å². The molecule has 1 atom stereocenters. The van der Waals surface area contributed by atoms with Crippen LogP contribution in [-0.4, -0.2) is 53.5 Å². The number of aromatic nitrogens is 2. The number of hydrogen-bond donors (Lipinski definition) is 1. The number of nitrogens with zero attached hydrogens (tertiary/aromatic N) is 3. The summed E-state index contributed by atoms with van der Waals surface area (Å²) in [4.78, 5) is 10.8. The van der Waals surface area contributed by atoms with E-state index in [4.69, 9.17) is 14.2 Å². The SMILES string of the molecule is c1cnc(NC[C@@H]2CCC3(CN(Cc4ccc5c(c4)OCO5)C3)OC2)nc1. The number of nitrogens with one attached hydrogen (secondary N) is 1. The third kappa shape index (κ3) is 3.57. The summed E-state index contributed by atoms with van der Waals surface area (Å²) < 4.78 is 17.1. The fraction of sp³-hybridized carbons (Fsp3) is 0.500. The number of anilines is 1. The van der Waals surface area contributed by atoms with Crippen LogP contribution in [0, 0.1) is 5.92 Å². The molecule has 0 radical (unpaired) electrons. The molecular formula is C20H24N4O3. The molecule has 142 valence electrons. The zero-order chi connectivity index (χ0) is 18.1. The van der Waals surface area contributed by atoms with Crippen molar-refractivity contribution in [2.75, 3.05) is 38.4 Å². The van der Waals surface area contributed by atoms with Gasteiger partial charge in [-0.15, -0.1) is 0 Å². The first kappa shape index (κ1) is 16.8. The summed E-state index contributed by atoms with van der Waals surface area (Å²) in [6, 6.07) is 8.03. The minimum Gasteiger partial charge on any atom is -0.454 e. The number of rotatable bonds is 5. The molecule has 0 unspecified atom stereocenters. The van der Waals surface area contributed by atoms with Gasteiger partial charge < -0.3 is 19.5 Å². The van der Waals surface area contributed by atoms with Crippen molar-refractivity contribution in [2.45, 2.75) is 25.0 Å². The number of ether oxygens (including phenoxy) is 3. The quantitative estimate of drug-likeness (QED) is 0.868. The molecule has 3 aliphatic rings. The zero-order valence-corrected chi connectivity index (χ0v) is 15.3. The second kappa shape index (κ2) is 6.98. The third-order valence-corrected chi connectivity index (χ3v) is 5.61. The lowest BCUT2D eigenvalue weighted by Gasteiger charge is -2.53. The summed E-state index contributed by atoms with van der Waals surface area (Å²) in [5.74, 6) is 2.91. The van der Waals surface area contributed by atoms with Crippen LogP contribution in [0.15, 0.2) is 36.7 Å². The highest BCUT2D eigenvalue weighted by atomic mass is 16.7. The molecule has 27 heavy (non-hydrogen) atoms. The molecule has 0 amide bonds. The average molecular weight is 368 g/mol. The lowest BCUT2D eigenvalue weighted by molar-refractivity contribution is -0.180. The molecule has 1 N–H and O–H groups in total. The van der Waals surface area contributed by atoms with Gasteiger partial charge in [-0.1, -0.05) is 6.07 Å². The first-order valence-electron chi connectivity index (χ1n) is 9.54. The largest absolute Gasteiger partial charge is 0.454 e. The van der Waals surface area contributed by atoms with Gasteiger partial charge in [0.25, 0.3) is 0 Å². The zero-order valence-electron chi connectivity index (χ0n) is 15.3. The topological polar surface area (TPSA) is 68.7 Å². The number of hydrogen-bond acceptors (Lipinski definition) is 7. The Balaban J connectivity index is 1.07. The highest BCUT2D eigenvalue weighted by molar-refractivity contribution is 5.44. The molecule has 2 fully saturated rings. The Morgan fingerprint density at radius 1 is 1.15 bits per heavy atom. The molecule has 1 aromatic carbocycles. The molecule has 1 aromatic heterocycles. The van der Waals surface area contributed by atoms with Gasteiger partial charge in [0.05, 0.1) is 12.2 Å². The van der Waals surface area contributed by atoms with Crippen molar-refractivity contribution >= 4 is 5.95 Å². The highest BCUT2D eigenvalue weighted by Crippen LogP contribution is 2.38. The van der Waals surface area contributed by atoms with Gasteiger partial charge in [-0.25, -0.2) is 9.97 Å². The smallest absolute Gasteiger partial charge is 0.231 e. The van der Waals surface area contributed by atoms with Crippen LogP contribution < -0.4 is 14.8 Å². The van der Waals surface area contributed by atoms with E-state index in [1.807, 2.05) is 12.1 Å². The van der Waals surface area contributed by atoms with E-state index in [9.17, 15) is 0 Å². The lowest BCUT2D eigenvalue weighted by Crippen LogP contribution is -2.64. The van der Waals surface area contributed by atoms with E-state index in [2.05, 4.69) is 32.3 Å². The van der Waals surface area contributed by atoms with Crippen molar-refractivity contribution < 1.29 is 14.2 Å². The van der Waals surface area contributed by atoms with Gasteiger partial charge in [-0.05, 0) is 42.5 Å². The second-order valence-electron chi connectivity index (χ2n) is 7.68. The Labute approximate surface area is 158 Å². The predicted octanol–water partition coefficient (Wildman–Crippen LogP) is 2.30. The Hall–Kier alpha value is -2.38. The molecule has 3 aliphatic heterocycles. The molecule has 4 heterocycles. The van der Waals surface area contributed by atoms with Gasteiger partial charge in [-0.2, -0.15) is 0 Å². The summed E-state index contributed by atoms with van der Waals surface area (Å²) >= 11 is 0. The number of benzene rings is 1. The normalized spacial score (nSPS) is 23.2. The van der Waals surface area contributed by atoms with Gasteiger partial charge in [0, 0.05) is 38.6 Å². The van der Waals surface area contributed by atoms with Gasteiger partial charge in [-0.3, -0.25) is 4.90 Å². The fourth-order valence-corrected chi connectivity index (χ4v) is 4.13. The van der Waals surface area contributed by atoms with E-state index in [0.29, 0.717) is 18.7 Å². The van der Waals surface area contributed by atoms with Crippen molar-refractivity contribution in [3.8, 4) is 11.5 Å². The van der Waals surface area contributed by atoms with Crippen molar-refractivity contribution in [1.82, 2.24) is 14.9 Å². The molecule has 2 saturated heterocycles. The minimum absolute atomic E-state index is 0.0517. The molecule has 2 aromatic rings. The summed E-state index contributed by atoms with van der Waals surface area (Å²) in [7, 11) is 0. The van der Waals surface area contributed by atoms with Crippen LogP contribution >= 0.6 is 0 Å². The molecule has 7 nitrogen and oxygen atoms in total. The van der Waals surface area contributed by atoms with Crippen LogP contribution in [0.25, 0.3) is 0 Å². The summed E-state index contributed by atoms with van der Waals surface area (Å²) in [5, 5.41) is 3.30. The maximum absolute atomic E-state index is 6.28. The molecule has 1 spiro atoms. The Morgan fingerprint density at radius 3 is 2.81 bits per heavy atom. The highest BCUT2D eigenvalue weighted by Gasteiger charge is 2.46. The Kier molecular flexibility index (Phi) is 4.33. The average Bonchev–Trinajstić information content (AvgIpc) is 3.15. The van der Waals surface area contributed by atoms with E-state index in [1.165, 1.54) is 12.0 Å². The maximum atomic E-state index is 6.28. The van der Waals surface area contributed by atoms with Crippen molar-refractivity contribution in [1.29, 1.82) is 0 Å². The van der Waals surface area contributed by atoms with Crippen LogP contribution in [-0.2, 0) is 11.3 Å². The monoisotopic (exact) mass is 368 g/mol. The molecule has 5 rings (SSSR count). The van der Waals surface area contributed by atoms with Gasteiger partial charge >= 0.3 is 0 Å². The number of likely N-dealkylation sites (tertiary alicyclic amines) is 1. The van der Waals surface area contributed by atoms with Gasteiger partial charge in [0.1, 0.15) is 0 Å². The third-order valence-electron chi connectivity index (χ3n) is 5.61. The molecular weight excluding hydrogens is 344 g/mol. The van der Waals surface area contributed by atoms with Gasteiger partial charge in [0.2, 0.25) is 12.7 Å². The molecule has 7 heteroatoms. The van der Waals surface area contributed by atoms with E-state index in [0.717, 1.165) is 50.7 Å². The second-order valence-corrected chi connectivity index (χ2v) is 7.68. The van der Waals surface area contributed by atoms with Crippen LogP contribution in [0.5, 0.6) is 11.5 Å². The fourth-order valence-electron chi connectivity index (χ4n) is 4.13. The van der Waals surface area contributed by atoms with Crippen LogP contribution in [0.3, 0.4) is 0 Å². The van der Waals surface area contributed by atoms with Crippen molar-refractivity contribution in [3.05, 3.63) is 42.2 Å². The lowest BCUT2D eigenvalue weighted by atomic mass is 9.82. The number of fused-ring (bicyclic) bond motifs is 1. The standard InChI is InChI=1S/C20H24N4O3/c1-6-21-19(22-7-1)23-9-16-4-5-20(27-11-16)12-24(13-20)10-15-2-3-17-18(8-15)26-14-25-17/h1-3,6-8,16H,4-5,9-14H2,(H,21,22,23)/t16-/m0/s1. The molecule has 0 saturated carbocycles. The van der Waals surface area contributed by atoms with E-state index in [-0.39, 0.29) is 5.60 Å². The maximum Gasteiger partial charge on any atom is 0.231 e. The minimum atomic E-state index is 0.0517. The first-order valence-corrected chi connectivity index (χ1v) is 9.54. The van der Waals surface area contributed by atoms with Gasteiger partial charge in [0.15, 0.2) is 11.5 Å². The molecule has 0 aliphatic carbocycles. The van der Waals surface area contributed by atoms with Crippen molar-refractivity contribution in [2.24, 2.45) is 5.92 Å². The Morgan fingerprint density at radius 2 is 2.00 bits per heavy atom. The predicted molar refractivity (Wildman–Crippen MR) is 99.8 cm³/mol. The first-order chi connectivity index (χ1) is 13.3. The summed E-state index contributed by atoms with van der Waals surface area (Å²) in [6.45, 7) is 4.93. The Bertz CT molecular complexity index is 785. The summed E-state index contributed by atoms with van der Waals surface area (Å²) in [6.07, 6.45) is 5.81. The van der Waals surface area contributed by atoms with Crippen molar-refractivity contribution in [3.63, 3.8) is 0 Å². The van der Waals surface area contributed by atoms with Crippen LogP contribution in [0.2, 0.25) is 0 Å². The van der Waals surface area contributed by atoms with Crippen LogP contribution in [0.1, 0.15) is 18.4 Å². The summed E-state index contributed by atoms with van der Waals surface area (Å²) in [5.41, 5.74) is 1.31.